The number of carbonyl (C=O) groups excluding carboxylic acids is 2. The SMILES string of the molecule is [N-]=[N+]=NC1=C(N=[N+]=[N-])c2c(cccc2S(=O)(=O)Oc2c(-c3ccccc3)cc(C(=O)O)c(O)c2O)C(=O)C1=O. The minimum absolute atomic E-state index is 0.191. The zero-order valence-corrected chi connectivity index (χ0v) is 19.9. The molecule has 4 rings (SSSR count). The van der Waals surface area contributed by atoms with Gasteiger partial charge in [0, 0.05) is 26.5 Å². The molecule has 3 aromatic carbocycles. The number of azide groups is 2. The number of phenols is 2. The first-order valence-electron chi connectivity index (χ1n) is 10.4. The van der Waals surface area contributed by atoms with E-state index in [0.717, 1.165) is 24.3 Å². The molecule has 0 heterocycles. The third-order valence-electron chi connectivity index (χ3n) is 5.45. The van der Waals surface area contributed by atoms with Gasteiger partial charge in [-0.15, -0.1) is 0 Å². The lowest BCUT2D eigenvalue weighted by Gasteiger charge is -2.21. The standard InChI is InChI=1S/C23H12N6O9S/c24-28-26-16-15-11(18(30)20(32)17(16)27-29-25)7-4-8-14(15)39(36,37)38-22-12(10-5-2-1-3-6-10)9-13(23(34)35)19(31)21(22)33/h1-9,31,33H,(H,34,35). The highest BCUT2D eigenvalue weighted by atomic mass is 32.2. The van der Waals surface area contributed by atoms with Gasteiger partial charge >= 0.3 is 16.1 Å². The first-order chi connectivity index (χ1) is 18.5. The number of carbonyl (C=O) groups is 3. The molecule has 0 saturated heterocycles. The number of fused-ring (bicyclic) bond motifs is 1. The topological polar surface area (TPSA) is 253 Å². The summed E-state index contributed by atoms with van der Waals surface area (Å²) in [6.07, 6.45) is 0. The van der Waals surface area contributed by atoms with Crippen molar-refractivity contribution in [1.29, 1.82) is 0 Å². The second-order valence-electron chi connectivity index (χ2n) is 7.62. The number of aromatic hydroxyl groups is 2. The lowest BCUT2D eigenvalue weighted by atomic mass is 9.91. The average molecular weight is 548 g/mol. The smallest absolute Gasteiger partial charge is 0.340 e. The number of hydrogen-bond acceptors (Lipinski definition) is 10. The first kappa shape index (κ1) is 26.2. The van der Waals surface area contributed by atoms with Crippen LogP contribution in [0.2, 0.25) is 0 Å². The van der Waals surface area contributed by atoms with Crippen molar-refractivity contribution in [2.45, 2.75) is 4.90 Å². The third-order valence-corrected chi connectivity index (χ3v) is 6.71. The molecule has 3 N–H and O–H groups in total. The van der Waals surface area contributed by atoms with Crippen molar-refractivity contribution in [1.82, 2.24) is 0 Å². The molecule has 1 aliphatic rings. The van der Waals surface area contributed by atoms with E-state index in [0.29, 0.717) is 0 Å². The maximum atomic E-state index is 13.6. The number of Topliss-reactive ketones (excluding diaryl/α,β-unsaturated/α-hetero) is 2. The molecular weight excluding hydrogens is 536 g/mol. The lowest BCUT2D eigenvalue weighted by Crippen LogP contribution is -2.25. The number of rotatable bonds is 7. The molecule has 16 heteroatoms. The zero-order valence-electron chi connectivity index (χ0n) is 19.1. The maximum Gasteiger partial charge on any atom is 0.340 e. The zero-order chi connectivity index (χ0) is 28.5. The molecule has 194 valence electrons. The van der Waals surface area contributed by atoms with Gasteiger partial charge in [-0.25, -0.2) is 4.79 Å². The molecule has 0 amide bonds. The number of hydrogen-bond donors (Lipinski definition) is 3. The van der Waals surface area contributed by atoms with Gasteiger partial charge in [-0.05, 0) is 28.8 Å². The summed E-state index contributed by atoms with van der Waals surface area (Å²) >= 11 is 0. The van der Waals surface area contributed by atoms with E-state index in [2.05, 4.69) is 20.1 Å². The van der Waals surface area contributed by atoms with Gasteiger partial charge in [0.25, 0.3) is 0 Å². The highest BCUT2D eigenvalue weighted by molar-refractivity contribution is 7.87. The van der Waals surface area contributed by atoms with E-state index in [4.69, 9.17) is 15.2 Å². The van der Waals surface area contributed by atoms with E-state index in [-0.39, 0.29) is 11.1 Å². The Labute approximate surface area is 217 Å². The summed E-state index contributed by atoms with van der Waals surface area (Å²) in [5.41, 5.74) is 14.2. The summed E-state index contributed by atoms with van der Waals surface area (Å²) in [6, 6.07) is 11.5. The molecule has 0 fully saturated rings. The van der Waals surface area contributed by atoms with Crippen molar-refractivity contribution < 1.29 is 42.3 Å². The number of allylic oxidation sites excluding steroid dienone is 1. The van der Waals surface area contributed by atoms with Crippen LogP contribution in [0.3, 0.4) is 0 Å². The van der Waals surface area contributed by atoms with E-state index in [9.17, 15) is 38.1 Å². The number of ketones is 2. The summed E-state index contributed by atoms with van der Waals surface area (Å²) in [4.78, 5) is 40.8. The van der Waals surface area contributed by atoms with Crippen molar-refractivity contribution in [3.63, 3.8) is 0 Å². The van der Waals surface area contributed by atoms with Gasteiger partial charge < -0.3 is 19.5 Å². The minimum atomic E-state index is -5.12. The fourth-order valence-corrected chi connectivity index (χ4v) is 4.96. The molecule has 1 aliphatic carbocycles. The van der Waals surface area contributed by atoms with Crippen LogP contribution in [0.15, 0.2) is 75.4 Å². The quantitative estimate of drug-likeness (QED) is 0.0949. The van der Waals surface area contributed by atoms with Gasteiger partial charge in [-0.2, -0.15) is 8.42 Å². The highest BCUT2D eigenvalue weighted by Gasteiger charge is 2.37. The molecule has 0 bridgehead atoms. The second-order valence-corrected chi connectivity index (χ2v) is 9.13. The Hall–Kier alpha value is -5.82. The normalized spacial score (nSPS) is 12.7. The molecule has 3 aromatic rings. The molecule has 0 atom stereocenters. The van der Waals surface area contributed by atoms with Crippen LogP contribution in [0, 0.1) is 0 Å². The number of carboxylic acid groups (broad SMARTS) is 1. The van der Waals surface area contributed by atoms with Gasteiger partial charge in [0.1, 0.15) is 10.5 Å². The fourth-order valence-electron chi connectivity index (χ4n) is 3.78. The summed E-state index contributed by atoms with van der Waals surface area (Å²) in [6.45, 7) is 0. The van der Waals surface area contributed by atoms with Crippen molar-refractivity contribution >= 4 is 33.4 Å². The fraction of sp³-hybridized carbons (Fsp3) is 0. The average Bonchev–Trinajstić information content (AvgIpc) is 2.91. The van der Waals surface area contributed by atoms with Gasteiger partial charge in [0.2, 0.25) is 17.3 Å². The number of carboxylic acids is 1. The largest absolute Gasteiger partial charge is 0.504 e. The highest BCUT2D eigenvalue weighted by Crippen LogP contribution is 2.47. The van der Waals surface area contributed by atoms with Gasteiger partial charge in [0.05, 0.1) is 11.4 Å². The Morgan fingerprint density at radius 2 is 1.49 bits per heavy atom. The van der Waals surface area contributed by atoms with E-state index < -0.39 is 77.9 Å². The van der Waals surface area contributed by atoms with Crippen LogP contribution in [-0.2, 0) is 14.9 Å². The first-order valence-corrected chi connectivity index (χ1v) is 11.8. The second kappa shape index (κ2) is 9.91. The Bertz CT molecular complexity index is 1840. The van der Waals surface area contributed by atoms with Crippen LogP contribution in [0.5, 0.6) is 17.2 Å². The Morgan fingerprint density at radius 3 is 2.10 bits per heavy atom. The number of aromatic carboxylic acids is 1. The Kier molecular flexibility index (Phi) is 6.67. The van der Waals surface area contributed by atoms with Crippen LogP contribution in [0.1, 0.15) is 26.3 Å². The summed E-state index contributed by atoms with van der Waals surface area (Å²) in [7, 11) is -5.12. The van der Waals surface area contributed by atoms with E-state index >= 15 is 0 Å². The summed E-state index contributed by atoms with van der Waals surface area (Å²) in [5, 5.41) is 36.6. The van der Waals surface area contributed by atoms with Crippen LogP contribution >= 0.6 is 0 Å². The molecular formula is C23H12N6O9S. The van der Waals surface area contributed by atoms with E-state index in [1.807, 2.05) is 0 Å². The molecule has 0 unspecified atom stereocenters. The van der Waals surface area contributed by atoms with Crippen LogP contribution in [0.4, 0.5) is 0 Å². The molecule has 0 aliphatic heterocycles. The third kappa shape index (κ3) is 4.45. The predicted octanol–water partition coefficient (Wildman–Crippen LogP) is 4.29. The number of phenolic OH excluding ortho intramolecular Hbond substituents is 1. The Morgan fingerprint density at radius 1 is 0.846 bits per heavy atom. The maximum absolute atomic E-state index is 13.6. The summed E-state index contributed by atoms with van der Waals surface area (Å²) < 4.78 is 32.3. The van der Waals surface area contributed by atoms with Crippen molar-refractivity contribution in [3.8, 4) is 28.4 Å². The molecule has 0 spiro atoms. The number of benzene rings is 3. The molecule has 15 nitrogen and oxygen atoms in total. The lowest BCUT2D eigenvalue weighted by molar-refractivity contribution is -0.111. The van der Waals surface area contributed by atoms with Crippen LogP contribution in [-0.4, -0.2) is 41.3 Å². The monoisotopic (exact) mass is 548 g/mol. The Balaban J connectivity index is 2.02. The van der Waals surface area contributed by atoms with Crippen LogP contribution < -0.4 is 4.18 Å². The van der Waals surface area contributed by atoms with Gasteiger partial charge in [0.15, 0.2) is 11.5 Å². The molecule has 0 aromatic heterocycles. The van der Waals surface area contributed by atoms with Crippen molar-refractivity contribution in [2.75, 3.05) is 0 Å². The van der Waals surface area contributed by atoms with Crippen molar-refractivity contribution in [2.24, 2.45) is 10.2 Å². The van der Waals surface area contributed by atoms with E-state index in [1.165, 1.54) is 24.3 Å². The van der Waals surface area contributed by atoms with E-state index in [1.54, 1.807) is 6.07 Å². The van der Waals surface area contributed by atoms with Gasteiger partial charge in [-0.1, -0.05) is 52.7 Å². The summed E-state index contributed by atoms with van der Waals surface area (Å²) in [5.74, 6) is -7.54. The minimum Gasteiger partial charge on any atom is -0.504 e. The molecule has 0 radical (unpaired) electrons. The van der Waals surface area contributed by atoms with Gasteiger partial charge in [-0.3, -0.25) is 9.59 Å². The molecule has 39 heavy (non-hydrogen) atoms. The van der Waals surface area contributed by atoms with Crippen molar-refractivity contribution in [3.05, 3.63) is 97.9 Å². The predicted molar refractivity (Wildman–Crippen MR) is 131 cm³/mol. The number of nitrogens with zero attached hydrogens (tertiary/aromatic N) is 6. The molecule has 0 saturated carbocycles. The van der Waals surface area contributed by atoms with Crippen LogP contribution in [0.25, 0.3) is 37.7 Å².